The summed E-state index contributed by atoms with van der Waals surface area (Å²) in [6.45, 7) is 2.25. The molecule has 1 saturated carbocycles. The Labute approximate surface area is 124 Å². The molecule has 0 aromatic heterocycles. The largest absolute Gasteiger partial charge is 0.198 e. The summed E-state index contributed by atoms with van der Waals surface area (Å²) >= 11 is 2.32. The zero-order valence-corrected chi connectivity index (χ0v) is 13.1. The van der Waals surface area contributed by atoms with E-state index < -0.39 is 0 Å². The van der Waals surface area contributed by atoms with Crippen LogP contribution in [0.3, 0.4) is 0 Å². The van der Waals surface area contributed by atoms with Crippen LogP contribution in [0.15, 0.2) is 24.3 Å². The zero-order valence-electron chi connectivity index (χ0n) is 11.0. The first-order valence-corrected chi connectivity index (χ1v) is 7.91. The summed E-state index contributed by atoms with van der Waals surface area (Å²) in [5.74, 6) is 0.752. The van der Waals surface area contributed by atoms with E-state index in [4.69, 9.17) is 0 Å². The molecular weight excluding hydrogens is 333 g/mol. The maximum Gasteiger partial charge on any atom is 0.0693 e. The summed E-state index contributed by atoms with van der Waals surface area (Å²) in [4.78, 5) is 0. The van der Waals surface area contributed by atoms with Gasteiger partial charge in [-0.25, -0.2) is 0 Å². The van der Waals surface area contributed by atoms with Gasteiger partial charge in [-0.15, -0.1) is 0 Å². The topological polar surface area (TPSA) is 23.8 Å². The monoisotopic (exact) mass is 353 g/mol. The molecule has 1 aliphatic rings. The Bertz CT molecular complexity index is 431. The lowest BCUT2D eigenvalue weighted by Crippen LogP contribution is -2.29. The van der Waals surface area contributed by atoms with E-state index in [0.29, 0.717) is 0 Å². The van der Waals surface area contributed by atoms with E-state index in [1.54, 1.807) is 0 Å². The first-order chi connectivity index (χ1) is 8.67. The van der Waals surface area contributed by atoms with Gasteiger partial charge in [0.1, 0.15) is 0 Å². The maximum absolute atomic E-state index is 9.62. The molecule has 18 heavy (non-hydrogen) atoms. The fourth-order valence-electron chi connectivity index (χ4n) is 3.13. The summed E-state index contributed by atoms with van der Waals surface area (Å²) in [6.07, 6.45) is 6.84. The van der Waals surface area contributed by atoms with Crippen molar-refractivity contribution in [1.29, 1.82) is 5.26 Å². The number of rotatable bonds is 3. The quantitative estimate of drug-likeness (QED) is 0.706. The molecule has 0 N–H and O–H groups in total. The van der Waals surface area contributed by atoms with E-state index in [9.17, 15) is 5.26 Å². The van der Waals surface area contributed by atoms with E-state index in [1.165, 1.54) is 28.4 Å². The van der Waals surface area contributed by atoms with Gasteiger partial charge in [-0.1, -0.05) is 38.3 Å². The van der Waals surface area contributed by atoms with Crippen LogP contribution in [0.5, 0.6) is 0 Å². The van der Waals surface area contributed by atoms with Gasteiger partial charge in [-0.05, 0) is 65.5 Å². The second-order valence-corrected chi connectivity index (χ2v) is 6.81. The highest BCUT2D eigenvalue weighted by Crippen LogP contribution is 2.42. The molecule has 1 fully saturated rings. The van der Waals surface area contributed by atoms with Crippen molar-refractivity contribution in [3.63, 3.8) is 0 Å². The number of benzene rings is 1. The van der Waals surface area contributed by atoms with Crippen LogP contribution < -0.4 is 0 Å². The van der Waals surface area contributed by atoms with E-state index >= 15 is 0 Å². The van der Waals surface area contributed by atoms with Gasteiger partial charge in [0.05, 0.1) is 11.5 Å². The number of nitriles is 1. The lowest BCUT2D eigenvalue weighted by Gasteiger charge is -2.35. The van der Waals surface area contributed by atoms with Gasteiger partial charge in [0.15, 0.2) is 0 Å². The molecule has 2 atom stereocenters. The Kier molecular flexibility index (Phi) is 4.66. The first-order valence-electron chi connectivity index (χ1n) is 6.83. The standard InChI is InChI=1S/C16H20IN/c1-2-13-4-3-9-16(10-13,12-18)11-14-5-7-15(17)8-6-14/h5-8,13H,2-4,9-11H2,1H3. The summed E-state index contributed by atoms with van der Waals surface area (Å²) in [5, 5.41) is 9.62. The molecule has 1 aromatic rings. The minimum absolute atomic E-state index is 0.105. The molecule has 0 bridgehead atoms. The second-order valence-electron chi connectivity index (χ2n) is 5.57. The third-order valence-corrected chi connectivity index (χ3v) is 4.94. The van der Waals surface area contributed by atoms with Gasteiger partial charge in [0, 0.05) is 3.57 Å². The van der Waals surface area contributed by atoms with Crippen LogP contribution in [-0.4, -0.2) is 0 Å². The van der Waals surface area contributed by atoms with E-state index in [-0.39, 0.29) is 5.41 Å². The van der Waals surface area contributed by atoms with E-state index in [0.717, 1.165) is 25.2 Å². The molecule has 0 radical (unpaired) electrons. The predicted molar refractivity (Wildman–Crippen MR) is 83.2 cm³/mol. The van der Waals surface area contributed by atoms with Crippen molar-refractivity contribution in [3.8, 4) is 6.07 Å². The van der Waals surface area contributed by atoms with Crippen LogP contribution in [0.25, 0.3) is 0 Å². The van der Waals surface area contributed by atoms with Crippen molar-refractivity contribution in [2.75, 3.05) is 0 Å². The maximum atomic E-state index is 9.62. The SMILES string of the molecule is CCC1CCCC(C#N)(Cc2ccc(I)cc2)C1. The van der Waals surface area contributed by atoms with Crippen molar-refractivity contribution in [1.82, 2.24) is 0 Å². The Morgan fingerprint density at radius 2 is 2.11 bits per heavy atom. The summed E-state index contributed by atoms with van der Waals surface area (Å²) < 4.78 is 1.26. The summed E-state index contributed by atoms with van der Waals surface area (Å²) in [6, 6.07) is 11.3. The molecule has 1 aliphatic carbocycles. The minimum atomic E-state index is -0.105. The second kappa shape index (κ2) is 6.06. The minimum Gasteiger partial charge on any atom is -0.198 e. The fraction of sp³-hybridized carbons (Fsp3) is 0.562. The van der Waals surface area contributed by atoms with Crippen LogP contribution in [-0.2, 0) is 6.42 Å². The third kappa shape index (κ3) is 3.26. The van der Waals surface area contributed by atoms with Gasteiger partial charge in [0.25, 0.3) is 0 Å². The summed E-state index contributed by atoms with van der Waals surface area (Å²) in [7, 11) is 0. The number of hydrogen-bond acceptors (Lipinski definition) is 1. The third-order valence-electron chi connectivity index (χ3n) is 4.22. The van der Waals surface area contributed by atoms with Crippen LogP contribution in [0, 0.1) is 26.2 Å². The Balaban J connectivity index is 2.13. The van der Waals surface area contributed by atoms with Crippen molar-refractivity contribution < 1.29 is 0 Å². The molecule has 2 unspecified atom stereocenters. The summed E-state index contributed by atoms with van der Waals surface area (Å²) in [5.41, 5.74) is 1.21. The van der Waals surface area contributed by atoms with E-state index in [2.05, 4.69) is 59.8 Å². The van der Waals surface area contributed by atoms with Crippen LogP contribution in [0.2, 0.25) is 0 Å². The smallest absolute Gasteiger partial charge is 0.0693 e. The lowest BCUT2D eigenvalue weighted by atomic mass is 9.67. The van der Waals surface area contributed by atoms with Crippen molar-refractivity contribution in [2.45, 2.75) is 45.4 Å². The van der Waals surface area contributed by atoms with Crippen LogP contribution >= 0.6 is 22.6 Å². The molecule has 0 heterocycles. The van der Waals surface area contributed by atoms with Gasteiger partial charge in [-0.3, -0.25) is 0 Å². The molecule has 0 amide bonds. The number of hydrogen-bond donors (Lipinski definition) is 0. The molecule has 0 aliphatic heterocycles. The average Bonchev–Trinajstić information content (AvgIpc) is 2.42. The van der Waals surface area contributed by atoms with Crippen molar-refractivity contribution in [2.24, 2.45) is 11.3 Å². The first kappa shape index (κ1) is 13.9. The highest BCUT2D eigenvalue weighted by Gasteiger charge is 2.35. The molecule has 0 spiro atoms. The van der Waals surface area contributed by atoms with Gasteiger partial charge < -0.3 is 0 Å². The molecule has 2 rings (SSSR count). The molecule has 96 valence electrons. The number of nitrogens with zero attached hydrogens (tertiary/aromatic N) is 1. The van der Waals surface area contributed by atoms with Gasteiger partial charge in [0.2, 0.25) is 0 Å². The zero-order chi connectivity index (χ0) is 13.0. The Morgan fingerprint density at radius 1 is 1.39 bits per heavy atom. The van der Waals surface area contributed by atoms with Crippen LogP contribution in [0.4, 0.5) is 0 Å². The average molecular weight is 353 g/mol. The predicted octanol–water partition coefficient (Wildman–Crippen LogP) is 4.94. The lowest BCUT2D eigenvalue weighted by molar-refractivity contribution is 0.194. The van der Waals surface area contributed by atoms with E-state index in [1.807, 2.05) is 0 Å². The molecule has 2 heteroatoms. The van der Waals surface area contributed by atoms with Crippen molar-refractivity contribution in [3.05, 3.63) is 33.4 Å². The molecule has 1 nitrogen and oxygen atoms in total. The molecular formula is C16H20IN. The number of halogens is 1. The highest BCUT2D eigenvalue weighted by molar-refractivity contribution is 14.1. The highest BCUT2D eigenvalue weighted by atomic mass is 127. The van der Waals surface area contributed by atoms with Gasteiger partial charge in [-0.2, -0.15) is 5.26 Å². The fourth-order valence-corrected chi connectivity index (χ4v) is 3.49. The molecule has 1 aromatic carbocycles. The van der Waals surface area contributed by atoms with Crippen LogP contribution in [0.1, 0.15) is 44.6 Å². The Hall–Kier alpha value is -0.560. The normalized spacial score (nSPS) is 27.7. The van der Waals surface area contributed by atoms with Crippen molar-refractivity contribution >= 4 is 22.6 Å². The Morgan fingerprint density at radius 3 is 2.72 bits per heavy atom. The van der Waals surface area contributed by atoms with Gasteiger partial charge >= 0.3 is 0 Å². The molecule has 0 saturated heterocycles.